The average molecular weight is 457 g/mol. The number of hydrogen-bond donors (Lipinski definition) is 1. The number of aromatic nitrogens is 4. The van der Waals surface area contributed by atoms with Crippen molar-refractivity contribution in [1.29, 1.82) is 0 Å². The molecule has 1 aromatic carbocycles. The number of benzene rings is 1. The summed E-state index contributed by atoms with van der Waals surface area (Å²) in [5, 5.41) is 1.30. The fraction of sp³-hybridized carbons (Fsp3) is 0.500. The minimum atomic E-state index is 0.802. The number of nitrogens with zero attached hydrogens (tertiary/aromatic N) is 5. The van der Waals surface area contributed by atoms with Crippen LogP contribution in [0.15, 0.2) is 36.5 Å². The van der Waals surface area contributed by atoms with E-state index in [-0.39, 0.29) is 0 Å². The van der Waals surface area contributed by atoms with Gasteiger partial charge in [0.05, 0.1) is 6.54 Å². The van der Waals surface area contributed by atoms with Crippen molar-refractivity contribution in [2.45, 2.75) is 65.1 Å². The summed E-state index contributed by atoms with van der Waals surface area (Å²) < 4.78 is 2.28. The van der Waals surface area contributed by atoms with Crippen molar-refractivity contribution in [3.8, 4) is 0 Å². The molecule has 3 aromatic heterocycles. The highest BCUT2D eigenvalue weighted by Gasteiger charge is 2.26. The van der Waals surface area contributed by atoms with Crippen LogP contribution in [0.5, 0.6) is 0 Å². The predicted octanol–water partition coefficient (Wildman–Crippen LogP) is 4.89. The summed E-state index contributed by atoms with van der Waals surface area (Å²) in [6.45, 7) is 11.2. The lowest BCUT2D eigenvalue weighted by atomic mass is 10.0. The van der Waals surface area contributed by atoms with Crippen molar-refractivity contribution >= 4 is 22.1 Å². The molecule has 2 fully saturated rings. The summed E-state index contributed by atoms with van der Waals surface area (Å²) in [5.41, 5.74) is 7.05. The van der Waals surface area contributed by atoms with Gasteiger partial charge >= 0.3 is 0 Å². The molecular formula is C28H36N6. The number of H-pyrrole nitrogens is 1. The number of aryl methyl sites for hydroxylation is 2. The van der Waals surface area contributed by atoms with Gasteiger partial charge in [0.25, 0.3) is 0 Å². The number of nitrogens with one attached hydrogen (secondary N) is 1. The van der Waals surface area contributed by atoms with E-state index in [0.29, 0.717) is 0 Å². The van der Waals surface area contributed by atoms with Crippen LogP contribution >= 0.6 is 0 Å². The topological polar surface area (TPSA) is 53.0 Å². The molecule has 0 bridgehead atoms. The second-order valence-electron chi connectivity index (χ2n) is 10.2. The molecule has 1 N–H and O–H groups in total. The molecule has 0 radical (unpaired) electrons. The van der Waals surface area contributed by atoms with Crippen LogP contribution < -0.4 is 0 Å². The number of piperidine rings is 1. The van der Waals surface area contributed by atoms with E-state index in [1.807, 2.05) is 12.3 Å². The standard InChI is InChI=1S/C28H36N6/c1-3-26-31-27-20(2)8-11-29-28(27)34(26)18-21-6-7-25-22(16-21)17-23(30-25)19-32-14-9-24(10-15-32)33-12-4-5-13-33/h6-8,11,16-17,24,30H,3-5,9-10,12-15,18-19H2,1-2H3. The Kier molecular flexibility index (Phi) is 5.87. The largest absolute Gasteiger partial charge is 0.357 e. The lowest BCUT2D eigenvalue weighted by molar-refractivity contribution is 0.122. The monoisotopic (exact) mass is 456 g/mol. The van der Waals surface area contributed by atoms with Crippen molar-refractivity contribution in [2.75, 3.05) is 26.2 Å². The van der Waals surface area contributed by atoms with E-state index in [9.17, 15) is 0 Å². The van der Waals surface area contributed by atoms with Crippen molar-refractivity contribution in [3.63, 3.8) is 0 Å². The number of aromatic amines is 1. The molecule has 6 heteroatoms. The lowest BCUT2D eigenvalue weighted by Gasteiger charge is -2.36. The first kappa shape index (κ1) is 21.8. The lowest BCUT2D eigenvalue weighted by Crippen LogP contribution is -2.43. The van der Waals surface area contributed by atoms with Crippen molar-refractivity contribution in [3.05, 3.63) is 59.2 Å². The van der Waals surface area contributed by atoms with Gasteiger partial charge in [0, 0.05) is 54.9 Å². The third kappa shape index (κ3) is 4.14. The molecule has 0 saturated carbocycles. The highest BCUT2D eigenvalue weighted by molar-refractivity contribution is 5.81. The SMILES string of the molecule is CCc1nc2c(C)ccnc2n1Cc1ccc2[nH]c(CN3CCC(N4CCCC4)CC3)cc2c1. The first-order valence-electron chi connectivity index (χ1n) is 13.1. The van der Waals surface area contributed by atoms with Crippen LogP contribution in [-0.2, 0) is 19.5 Å². The molecule has 5 heterocycles. The maximum Gasteiger partial charge on any atom is 0.160 e. The predicted molar refractivity (Wildman–Crippen MR) is 138 cm³/mol. The van der Waals surface area contributed by atoms with Gasteiger partial charge in [-0.25, -0.2) is 9.97 Å². The van der Waals surface area contributed by atoms with E-state index < -0.39 is 0 Å². The number of pyridine rings is 1. The Labute approximate surface area is 202 Å². The average Bonchev–Trinajstić information content (AvgIpc) is 3.59. The molecule has 0 amide bonds. The molecule has 34 heavy (non-hydrogen) atoms. The van der Waals surface area contributed by atoms with Gasteiger partial charge in [0.1, 0.15) is 11.3 Å². The van der Waals surface area contributed by atoms with Gasteiger partial charge in [-0.2, -0.15) is 0 Å². The minimum Gasteiger partial charge on any atom is -0.357 e. The quantitative estimate of drug-likeness (QED) is 0.449. The van der Waals surface area contributed by atoms with Gasteiger partial charge in [-0.05, 0) is 81.1 Å². The molecule has 6 nitrogen and oxygen atoms in total. The molecule has 178 valence electrons. The molecule has 2 aliphatic heterocycles. The Hall–Kier alpha value is -2.70. The Morgan fingerprint density at radius 1 is 1.00 bits per heavy atom. The van der Waals surface area contributed by atoms with Gasteiger partial charge < -0.3 is 14.5 Å². The minimum absolute atomic E-state index is 0.802. The number of hydrogen-bond acceptors (Lipinski definition) is 4. The van der Waals surface area contributed by atoms with E-state index in [1.54, 1.807) is 0 Å². The Morgan fingerprint density at radius 3 is 2.62 bits per heavy atom. The molecular weight excluding hydrogens is 420 g/mol. The van der Waals surface area contributed by atoms with Crippen molar-refractivity contribution in [1.82, 2.24) is 29.3 Å². The van der Waals surface area contributed by atoms with Crippen LogP contribution in [0, 0.1) is 6.92 Å². The normalized spacial score (nSPS) is 18.5. The molecule has 0 spiro atoms. The highest BCUT2D eigenvalue weighted by atomic mass is 15.2. The van der Waals surface area contributed by atoms with Crippen LogP contribution in [0.3, 0.4) is 0 Å². The van der Waals surface area contributed by atoms with Crippen molar-refractivity contribution in [2.24, 2.45) is 0 Å². The van der Waals surface area contributed by atoms with Crippen LogP contribution in [0.1, 0.15) is 55.3 Å². The third-order valence-corrected chi connectivity index (χ3v) is 7.92. The fourth-order valence-corrected chi connectivity index (χ4v) is 6.02. The van der Waals surface area contributed by atoms with Gasteiger partial charge in [0.15, 0.2) is 5.65 Å². The van der Waals surface area contributed by atoms with Crippen LogP contribution in [0.4, 0.5) is 0 Å². The summed E-state index contributed by atoms with van der Waals surface area (Å²) in [5.74, 6) is 1.10. The van der Waals surface area contributed by atoms with E-state index in [2.05, 4.69) is 62.4 Å². The fourth-order valence-electron chi connectivity index (χ4n) is 6.02. The molecule has 2 saturated heterocycles. The van der Waals surface area contributed by atoms with Gasteiger partial charge in [-0.1, -0.05) is 13.0 Å². The molecule has 0 aliphatic carbocycles. The molecule has 6 rings (SSSR count). The van der Waals surface area contributed by atoms with Gasteiger partial charge in [0.2, 0.25) is 0 Å². The zero-order chi connectivity index (χ0) is 23.1. The first-order chi connectivity index (χ1) is 16.7. The van der Waals surface area contributed by atoms with Gasteiger partial charge in [-0.15, -0.1) is 0 Å². The smallest absolute Gasteiger partial charge is 0.160 e. The van der Waals surface area contributed by atoms with Crippen LogP contribution in [0.25, 0.3) is 22.1 Å². The molecule has 4 aromatic rings. The zero-order valence-corrected chi connectivity index (χ0v) is 20.6. The van der Waals surface area contributed by atoms with Crippen molar-refractivity contribution < 1.29 is 0 Å². The Morgan fingerprint density at radius 2 is 1.82 bits per heavy atom. The van der Waals surface area contributed by atoms with E-state index in [0.717, 1.165) is 42.5 Å². The number of fused-ring (bicyclic) bond motifs is 2. The molecule has 2 aliphatic rings. The van der Waals surface area contributed by atoms with E-state index in [1.165, 1.54) is 79.6 Å². The van der Waals surface area contributed by atoms with Crippen LogP contribution in [-0.4, -0.2) is 61.5 Å². The maximum atomic E-state index is 4.87. The second kappa shape index (κ2) is 9.16. The summed E-state index contributed by atoms with van der Waals surface area (Å²) in [7, 11) is 0. The Balaban J connectivity index is 1.17. The van der Waals surface area contributed by atoms with E-state index >= 15 is 0 Å². The maximum absolute atomic E-state index is 4.87. The first-order valence-corrected chi connectivity index (χ1v) is 13.1. The number of imidazole rings is 1. The molecule has 0 unspecified atom stereocenters. The Bertz CT molecular complexity index is 1290. The van der Waals surface area contributed by atoms with E-state index in [4.69, 9.17) is 4.98 Å². The molecule has 0 atom stereocenters. The summed E-state index contributed by atoms with van der Waals surface area (Å²) in [4.78, 5) is 18.6. The zero-order valence-electron chi connectivity index (χ0n) is 20.6. The summed E-state index contributed by atoms with van der Waals surface area (Å²) in [6, 6.07) is 12.0. The number of likely N-dealkylation sites (tertiary alicyclic amines) is 2. The van der Waals surface area contributed by atoms with Gasteiger partial charge in [-0.3, -0.25) is 4.90 Å². The highest BCUT2D eigenvalue weighted by Crippen LogP contribution is 2.25. The third-order valence-electron chi connectivity index (χ3n) is 7.92. The summed E-state index contributed by atoms with van der Waals surface area (Å²) >= 11 is 0. The summed E-state index contributed by atoms with van der Waals surface area (Å²) in [6.07, 6.45) is 8.22. The second-order valence-corrected chi connectivity index (χ2v) is 10.2. The number of rotatable bonds is 6. The van der Waals surface area contributed by atoms with Crippen LogP contribution in [0.2, 0.25) is 0 Å².